The van der Waals surface area contributed by atoms with Crippen molar-refractivity contribution in [3.05, 3.63) is 65.5 Å². The maximum absolute atomic E-state index is 6.19. The minimum atomic E-state index is 0.0242. The highest BCUT2D eigenvalue weighted by atomic mass is 14.7. The molecule has 2 rings (SSSR count). The smallest absolute Gasteiger partial charge is 0.0420 e. The van der Waals surface area contributed by atoms with Gasteiger partial charge in [0.25, 0.3) is 0 Å². The van der Waals surface area contributed by atoms with Gasteiger partial charge in [-0.25, -0.2) is 0 Å². The minimum absolute atomic E-state index is 0.0242. The number of nitrogens with zero attached hydrogens (tertiary/aromatic N) is 1. The molecule has 1 aromatic carbocycles. The maximum atomic E-state index is 6.19. The standard InChI is InChI=1S/C14H16N2/c1-11-13(8-5-9-16-11)14(15)10-12-6-3-2-4-7-12/h2-9,14H,10,15H2,1H3. The summed E-state index contributed by atoms with van der Waals surface area (Å²) in [6.45, 7) is 2.00. The van der Waals surface area contributed by atoms with Crippen LogP contribution in [0.4, 0.5) is 0 Å². The van der Waals surface area contributed by atoms with Gasteiger partial charge >= 0.3 is 0 Å². The van der Waals surface area contributed by atoms with Gasteiger partial charge in [-0.05, 0) is 30.5 Å². The molecular weight excluding hydrogens is 196 g/mol. The molecular formula is C14H16N2. The van der Waals surface area contributed by atoms with Crippen molar-refractivity contribution in [3.63, 3.8) is 0 Å². The van der Waals surface area contributed by atoms with Gasteiger partial charge in [0.15, 0.2) is 0 Å². The third-order valence-electron chi connectivity index (χ3n) is 2.75. The molecule has 0 bridgehead atoms. The van der Waals surface area contributed by atoms with Gasteiger partial charge in [0.05, 0.1) is 0 Å². The molecule has 1 unspecified atom stereocenters. The van der Waals surface area contributed by atoms with E-state index >= 15 is 0 Å². The van der Waals surface area contributed by atoms with Crippen LogP contribution in [0.3, 0.4) is 0 Å². The van der Waals surface area contributed by atoms with Crippen molar-refractivity contribution < 1.29 is 0 Å². The molecule has 0 aliphatic carbocycles. The zero-order valence-corrected chi connectivity index (χ0v) is 9.43. The SMILES string of the molecule is Cc1ncccc1C(N)Cc1ccccc1. The molecule has 1 atom stereocenters. The van der Waals surface area contributed by atoms with E-state index in [1.54, 1.807) is 6.20 Å². The van der Waals surface area contributed by atoms with Crippen molar-refractivity contribution >= 4 is 0 Å². The minimum Gasteiger partial charge on any atom is -0.324 e. The summed E-state index contributed by atoms with van der Waals surface area (Å²) in [6.07, 6.45) is 2.65. The number of benzene rings is 1. The van der Waals surface area contributed by atoms with Gasteiger partial charge in [-0.15, -0.1) is 0 Å². The van der Waals surface area contributed by atoms with Crippen molar-refractivity contribution in [1.29, 1.82) is 0 Å². The van der Waals surface area contributed by atoms with Crippen LogP contribution in [0.5, 0.6) is 0 Å². The summed E-state index contributed by atoms with van der Waals surface area (Å²) in [5.74, 6) is 0. The summed E-state index contributed by atoms with van der Waals surface area (Å²) in [6, 6.07) is 14.3. The Hall–Kier alpha value is -1.67. The number of aryl methyl sites for hydroxylation is 1. The van der Waals surface area contributed by atoms with E-state index in [0.717, 1.165) is 17.7 Å². The summed E-state index contributed by atoms with van der Waals surface area (Å²) >= 11 is 0. The maximum Gasteiger partial charge on any atom is 0.0420 e. The molecule has 0 fully saturated rings. The molecule has 2 aromatic rings. The lowest BCUT2D eigenvalue weighted by molar-refractivity contribution is 0.711. The third kappa shape index (κ3) is 2.47. The number of aromatic nitrogens is 1. The first-order chi connectivity index (χ1) is 7.77. The average Bonchev–Trinajstić information content (AvgIpc) is 2.31. The van der Waals surface area contributed by atoms with Crippen molar-refractivity contribution in [3.8, 4) is 0 Å². The number of hydrogen-bond donors (Lipinski definition) is 1. The molecule has 0 aliphatic heterocycles. The van der Waals surface area contributed by atoms with E-state index in [0.29, 0.717) is 0 Å². The normalized spacial score (nSPS) is 12.4. The first-order valence-corrected chi connectivity index (χ1v) is 5.48. The highest BCUT2D eigenvalue weighted by Gasteiger charge is 2.09. The molecule has 1 aromatic heterocycles. The number of pyridine rings is 1. The molecule has 0 amide bonds. The lowest BCUT2D eigenvalue weighted by Crippen LogP contribution is -2.15. The summed E-state index contributed by atoms with van der Waals surface area (Å²) in [7, 11) is 0. The molecule has 0 aliphatic rings. The topological polar surface area (TPSA) is 38.9 Å². The van der Waals surface area contributed by atoms with E-state index in [2.05, 4.69) is 23.2 Å². The Morgan fingerprint density at radius 1 is 1.12 bits per heavy atom. The third-order valence-corrected chi connectivity index (χ3v) is 2.75. The molecule has 2 nitrogen and oxygen atoms in total. The Balaban J connectivity index is 2.15. The van der Waals surface area contributed by atoms with Crippen LogP contribution in [0.25, 0.3) is 0 Å². The molecule has 82 valence electrons. The van der Waals surface area contributed by atoms with E-state index in [1.165, 1.54) is 5.56 Å². The molecule has 2 N–H and O–H groups in total. The number of hydrogen-bond acceptors (Lipinski definition) is 2. The fourth-order valence-electron chi connectivity index (χ4n) is 1.87. The predicted octanol–water partition coefficient (Wildman–Crippen LogP) is 2.63. The number of nitrogens with two attached hydrogens (primary N) is 1. The molecule has 0 spiro atoms. The van der Waals surface area contributed by atoms with Crippen LogP contribution < -0.4 is 5.73 Å². The van der Waals surface area contributed by atoms with Crippen molar-refractivity contribution in [2.75, 3.05) is 0 Å². The van der Waals surface area contributed by atoms with Crippen LogP contribution in [-0.2, 0) is 6.42 Å². The van der Waals surface area contributed by atoms with Crippen molar-refractivity contribution in [1.82, 2.24) is 4.98 Å². The Morgan fingerprint density at radius 2 is 1.88 bits per heavy atom. The largest absolute Gasteiger partial charge is 0.324 e. The highest BCUT2D eigenvalue weighted by molar-refractivity contribution is 5.25. The van der Waals surface area contributed by atoms with Crippen molar-refractivity contribution in [2.45, 2.75) is 19.4 Å². The van der Waals surface area contributed by atoms with Crippen LogP contribution in [0.2, 0.25) is 0 Å². The van der Waals surface area contributed by atoms with Gasteiger partial charge < -0.3 is 5.73 Å². The van der Waals surface area contributed by atoms with Crippen LogP contribution in [0, 0.1) is 6.92 Å². The first kappa shape index (κ1) is 10.8. The van der Waals surface area contributed by atoms with Gasteiger partial charge in [-0.2, -0.15) is 0 Å². The number of rotatable bonds is 3. The molecule has 0 radical (unpaired) electrons. The molecule has 1 heterocycles. The summed E-state index contributed by atoms with van der Waals surface area (Å²) < 4.78 is 0. The zero-order valence-electron chi connectivity index (χ0n) is 9.43. The fraction of sp³-hybridized carbons (Fsp3) is 0.214. The van der Waals surface area contributed by atoms with Gasteiger partial charge in [0.2, 0.25) is 0 Å². The van der Waals surface area contributed by atoms with E-state index in [4.69, 9.17) is 5.73 Å². The average molecular weight is 212 g/mol. The summed E-state index contributed by atoms with van der Waals surface area (Å²) in [4.78, 5) is 4.26. The lowest BCUT2D eigenvalue weighted by atomic mass is 9.99. The zero-order chi connectivity index (χ0) is 11.4. The van der Waals surface area contributed by atoms with Crippen molar-refractivity contribution in [2.24, 2.45) is 5.73 Å². The van der Waals surface area contributed by atoms with E-state index < -0.39 is 0 Å². The molecule has 2 heteroatoms. The lowest BCUT2D eigenvalue weighted by Gasteiger charge is -2.13. The Morgan fingerprint density at radius 3 is 2.56 bits per heavy atom. The predicted molar refractivity (Wildman–Crippen MR) is 66.0 cm³/mol. The molecule has 16 heavy (non-hydrogen) atoms. The summed E-state index contributed by atoms with van der Waals surface area (Å²) in [5.41, 5.74) is 9.60. The van der Waals surface area contributed by atoms with Crippen LogP contribution >= 0.6 is 0 Å². The Bertz CT molecular complexity index is 451. The van der Waals surface area contributed by atoms with Gasteiger partial charge in [0.1, 0.15) is 0 Å². The van der Waals surface area contributed by atoms with E-state index in [-0.39, 0.29) is 6.04 Å². The van der Waals surface area contributed by atoms with Crippen LogP contribution in [-0.4, -0.2) is 4.98 Å². The van der Waals surface area contributed by atoms with Gasteiger partial charge in [-0.3, -0.25) is 4.98 Å². The monoisotopic (exact) mass is 212 g/mol. The van der Waals surface area contributed by atoms with Gasteiger partial charge in [-0.1, -0.05) is 36.4 Å². The van der Waals surface area contributed by atoms with E-state index in [9.17, 15) is 0 Å². The second-order valence-corrected chi connectivity index (χ2v) is 3.97. The summed E-state index contributed by atoms with van der Waals surface area (Å²) in [5, 5.41) is 0. The molecule has 0 saturated heterocycles. The Labute approximate surface area is 96.1 Å². The highest BCUT2D eigenvalue weighted by Crippen LogP contribution is 2.17. The van der Waals surface area contributed by atoms with Crippen LogP contribution in [0.1, 0.15) is 22.9 Å². The quantitative estimate of drug-likeness (QED) is 0.849. The fourth-order valence-corrected chi connectivity index (χ4v) is 1.87. The Kier molecular flexibility index (Phi) is 3.32. The second kappa shape index (κ2) is 4.90. The molecule has 0 saturated carbocycles. The second-order valence-electron chi connectivity index (χ2n) is 3.97. The van der Waals surface area contributed by atoms with Crippen LogP contribution in [0.15, 0.2) is 48.7 Å². The van der Waals surface area contributed by atoms with E-state index in [1.807, 2.05) is 31.2 Å². The first-order valence-electron chi connectivity index (χ1n) is 5.48. The van der Waals surface area contributed by atoms with Gasteiger partial charge in [0, 0.05) is 17.9 Å².